The van der Waals surface area contributed by atoms with Crippen molar-refractivity contribution >= 4 is 16.6 Å². The molecule has 0 heterocycles. The lowest BCUT2D eigenvalue weighted by Crippen LogP contribution is -2.44. The van der Waals surface area contributed by atoms with Crippen LogP contribution < -0.4 is 0 Å². The van der Waals surface area contributed by atoms with Crippen LogP contribution in [0, 0.1) is 0 Å². The highest BCUT2D eigenvalue weighted by molar-refractivity contribution is 6.84. The summed E-state index contributed by atoms with van der Waals surface area (Å²) < 4.78 is 131. The zero-order chi connectivity index (χ0) is 27.6. The molecule has 35 heavy (non-hydrogen) atoms. The normalized spacial score (nSPS) is 14.6. The molecule has 0 saturated carbocycles. The van der Waals surface area contributed by atoms with Crippen LogP contribution in [0.15, 0.2) is 0 Å². The first-order valence-corrected chi connectivity index (χ1v) is 18.4. The van der Waals surface area contributed by atoms with Gasteiger partial charge in [-0.15, -0.1) is 0 Å². The molecule has 0 fully saturated rings. The van der Waals surface area contributed by atoms with Crippen molar-refractivity contribution < 1.29 is 48.0 Å². The van der Waals surface area contributed by atoms with Gasteiger partial charge in [0.2, 0.25) is 0 Å². The molecule has 0 atom stereocenters. The summed E-state index contributed by atoms with van der Waals surface area (Å²) in [6.45, 7) is 8.36. The van der Waals surface area contributed by atoms with E-state index in [1.54, 1.807) is 0 Å². The van der Waals surface area contributed by atoms with E-state index >= 15 is 0 Å². The topological polar surface area (TPSA) is 9.23 Å². The summed E-state index contributed by atoms with van der Waals surface area (Å²) in [5.74, 6) is -9.26. The van der Waals surface area contributed by atoms with Gasteiger partial charge in [-0.25, -0.2) is 0 Å². The Morgan fingerprint density at radius 3 is 0.971 bits per heavy atom. The molecule has 0 aromatic carbocycles. The van der Waals surface area contributed by atoms with Gasteiger partial charge in [0.15, 0.2) is 16.6 Å². The molecule has 13 heteroatoms. The lowest BCUT2D eigenvalue weighted by molar-refractivity contribution is -0.284. The first kappa shape index (κ1) is 34.7. The van der Waals surface area contributed by atoms with Crippen molar-refractivity contribution in [3.05, 3.63) is 0 Å². The van der Waals surface area contributed by atoms with Crippen LogP contribution in [-0.4, -0.2) is 40.8 Å². The van der Waals surface area contributed by atoms with Gasteiger partial charge in [-0.2, -0.15) is 43.9 Å². The Kier molecular flexibility index (Phi) is 13.9. The molecular formula is C22H40F10OSi2. The van der Waals surface area contributed by atoms with Crippen LogP contribution >= 0.6 is 0 Å². The second kappa shape index (κ2) is 14.0. The summed E-state index contributed by atoms with van der Waals surface area (Å²) >= 11 is 0. The quantitative estimate of drug-likeness (QED) is 0.0911. The third-order valence-electron chi connectivity index (χ3n) is 5.92. The van der Waals surface area contributed by atoms with Crippen molar-refractivity contribution in [2.75, 3.05) is 0 Å². The predicted molar refractivity (Wildman–Crippen MR) is 123 cm³/mol. The first-order valence-electron chi connectivity index (χ1n) is 12.2. The highest BCUT2D eigenvalue weighted by Gasteiger charge is 2.57. The summed E-state index contributed by atoms with van der Waals surface area (Å²) in [6, 6.07) is 1.71. The van der Waals surface area contributed by atoms with E-state index in [4.69, 9.17) is 4.12 Å². The molecule has 0 amide bonds. The Morgan fingerprint density at radius 1 is 0.429 bits per heavy atom. The third-order valence-corrected chi connectivity index (χ3v) is 13.5. The molecule has 0 N–H and O–H groups in total. The molecule has 0 aliphatic heterocycles. The number of alkyl halides is 10. The molecule has 0 radical (unpaired) electrons. The smallest absolute Gasteiger partial charge is 0.453 e. The van der Waals surface area contributed by atoms with Gasteiger partial charge in [-0.1, -0.05) is 51.4 Å². The van der Waals surface area contributed by atoms with Crippen LogP contribution in [0.25, 0.3) is 0 Å². The molecule has 212 valence electrons. The maximum atomic E-state index is 12.9. The zero-order valence-corrected chi connectivity index (χ0v) is 23.1. The Bertz CT molecular complexity index is 540. The van der Waals surface area contributed by atoms with E-state index in [2.05, 4.69) is 26.2 Å². The summed E-state index contributed by atoms with van der Waals surface area (Å²) in [7, 11) is -3.96. The lowest BCUT2D eigenvalue weighted by atomic mass is 10.1. The van der Waals surface area contributed by atoms with Crippen LogP contribution in [0.4, 0.5) is 43.9 Å². The minimum atomic E-state index is -5.50. The number of unbranched alkanes of at least 4 members (excludes halogenated alkanes) is 8. The average molecular weight is 567 g/mol. The molecule has 0 bridgehead atoms. The molecule has 1 nitrogen and oxygen atoms in total. The minimum absolute atomic E-state index is 0.172. The van der Waals surface area contributed by atoms with E-state index in [0.29, 0.717) is 25.7 Å². The van der Waals surface area contributed by atoms with Gasteiger partial charge < -0.3 is 4.12 Å². The van der Waals surface area contributed by atoms with Gasteiger partial charge in [0.25, 0.3) is 0 Å². The van der Waals surface area contributed by atoms with Crippen molar-refractivity contribution in [2.45, 2.75) is 140 Å². The van der Waals surface area contributed by atoms with Crippen molar-refractivity contribution in [1.29, 1.82) is 0 Å². The highest BCUT2D eigenvalue weighted by atomic mass is 28.4. The Balaban J connectivity index is 4.02. The van der Waals surface area contributed by atoms with Crippen LogP contribution in [-0.2, 0) is 4.12 Å². The Hall–Kier alpha value is -0.306. The fraction of sp³-hybridized carbons (Fsp3) is 1.00. The minimum Gasteiger partial charge on any atom is -0.455 e. The van der Waals surface area contributed by atoms with E-state index in [1.165, 1.54) is 0 Å². The van der Waals surface area contributed by atoms with Crippen LogP contribution in [0.2, 0.25) is 38.3 Å². The molecule has 0 spiro atoms. The van der Waals surface area contributed by atoms with Gasteiger partial charge in [0.05, 0.1) is 0 Å². The summed E-state index contributed by atoms with van der Waals surface area (Å²) in [4.78, 5) is 0. The summed E-state index contributed by atoms with van der Waals surface area (Å²) in [6.07, 6.45) is -8.74. The molecule has 0 aromatic rings. The van der Waals surface area contributed by atoms with Crippen molar-refractivity contribution in [1.82, 2.24) is 0 Å². The van der Waals surface area contributed by atoms with E-state index in [-0.39, 0.29) is 12.8 Å². The Labute approximate surface area is 204 Å². The number of hydrogen-bond acceptors (Lipinski definition) is 1. The monoisotopic (exact) mass is 566 g/mol. The standard InChI is InChI=1S/C22H40F10OSi2/c1-34(2,17-13-9-5-7-11-15-19(23,24)21(27,28)29)33-35(3,4)18-14-10-6-8-12-16-20(25,26)22(30,31)32/h5-18H2,1-4H3. The van der Waals surface area contributed by atoms with Crippen molar-refractivity contribution in [3.63, 3.8) is 0 Å². The van der Waals surface area contributed by atoms with E-state index in [1.807, 2.05) is 0 Å². The molecule has 0 aromatic heterocycles. The van der Waals surface area contributed by atoms with Crippen LogP contribution in [0.5, 0.6) is 0 Å². The zero-order valence-electron chi connectivity index (χ0n) is 21.1. The second-order valence-corrected chi connectivity index (χ2v) is 19.4. The van der Waals surface area contributed by atoms with Gasteiger partial charge in [-0.3, -0.25) is 0 Å². The van der Waals surface area contributed by atoms with Crippen LogP contribution in [0.3, 0.4) is 0 Å². The molecule has 0 aliphatic carbocycles. The average Bonchev–Trinajstić information content (AvgIpc) is 2.63. The van der Waals surface area contributed by atoms with Gasteiger partial charge >= 0.3 is 24.2 Å². The third kappa shape index (κ3) is 14.9. The molecule has 0 saturated heterocycles. The molecule has 0 unspecified atom stereocenters. The van der Waals surface area contributed by atoms with E-state index in [0.717, 1.165) is 37.8 Å². The largest absolute Gasteiger partial charge is 0.455 e. The fourth-order valence-electron chi connectivity index (χ4n) is 3.99. The second-order valence-electron chi connectivity index (χ2n) is 10.6. The molecular weight excluding hydrogens is 526 g/mol. The van der Waals surface area contributed by atoms with Gasteiger partial charge in [-0.05, 0) is 51.1 Å². The Morgan fingerprint density at radius 2 is 0.686 bits per heavy atom. The predicted octanol–water partition coefficient (Wildman–Crippen LogP) is 10.5. The number of halogens is 10. The van der Waals surface area contributed by atoms with Gasteiger partial charge in [0.1, 0.15) is 0 Å². The lowest BCUT2D eigenvalue weighted by Gasteiger charge is -2.34. The van der Waals surface area contributed by atoms with Gasteiger partial charge in [0, 0.05) is 12.8 Å². The maximum Gasteiger partial charge on any atom is 0.453 e. The highest BCUT2D eigenvalue weighted by Crippen LogP contribution is 2.40. The SMILES string of the molecule is C[Si](C)(CCCCCCCC(F)(F)C(F)(F)F)O[Si](C)(C)CCCCCCCC(F)(F)C(F)(F)F. The first-order chi connectivity index (χ1) is 15.6. The number of rotatable bonds is 18. The van der Waals surface area contributed by atoms with Crippen molar-refractivity contribution in [3.8, 4) is 0 Å². The van der Waals surface area contributed by atoms with Crippen molar-refractivity contribution in [2.24, 2.45) is 0 Å². The number of hydrogen-bond donors (Lipinski definition) is 0. The van der Waals surface area contributed by atoms with E-state index < -0.39 is 53.7 Å². The molecule has 0 rings (SSSR count). The maximum absolute atomic E-state index is 12.9. The summed E-state index contributed by atoms with van der Waals surface area (Å²) in [5, 5.41) is 0. The fourth-order valence-corrected chi connectivity index (χ4v) is 13.0. The van der Waals surface area contributed by atoms with E-state index in [9.17, 15) is 43.9 Å². The molecule has 0 aliphatic rings. The summed E-state index contributed by atoms with van der Waals surface area (Å²) in [5.41, 5.74) is 0. The van der Waals surface area contributed by atoms with Crippen LogP contribution in [0.1, 0.15) is 77.0 Å².